The third kappa shape index (κ3) is 9.87. The molecular weight excluding hydrogens is 515 g/mol. The smallest absolute Gasteiger partial charge is 0.407 e. The number of likely N-dealkylation sites (tertiary alicyclic amines) is 1. The lowest BCUT2D eigenvalue weighted by atomic mass is 9.88. The zero-order valence-electron chi connectivity index (χ0n) is 22.5. The summed E-state index contributed by atoms with van der Waals surface area (Å²) < 4.78 is 30.9. The number of nitrogens with one attached hydrogen (secondary N) is 3. The molecule has 214 valence electrons. The molecule has 3 rings (SSSR count). The molecule has 38 heavy (non-hydrogen) atoms. The lowest BCUT2D eigenvalue weighted by Gasteiger charge is -2.38. The molecule has 9 nitrogen and oxygen atoms in total. The maximum absolute atomic E-state index is 14.2. The SMILES string of the molecule is CCOC(=O)NCCO[C@@H](c1cc(F)cc(Cl)c1)C1CCCN(C(=O)N[C@H](CNC)C[C@H]2CCCOC2)C1. The highest BCUT2D eigenvalue weighted by Crippen LogP contribution is 2.34. The Balaban J connectivity index is 1.64. The summed E-state index contributed by atoms with van der Waals surface area (Å²) in [5, 5.41) is 9.32. The molecule has 1 unspecified atom stereocenters. The molecule has 2 aliphatic heterocycles. The number of amides is 3. The third-order valence-corrected chi connectivity index (χ3v) is 7.20. The van der Waals surface area contributed by atoms with Crippen LogP contribution < -0.4 is 16.0 Å². The Kier molecular flexibility index (Phi) is 12.9. The summed E-state index contributed by atoms with van der Waals surface area (Å²) in [5.74, 6) is -0.0718. The van der Waals surface area contributed by atoms with Gasteiger partial charge in [-0.2, -0.15) is 0 Å². The first-order chi connectivity index (χ1) is 18.4. The molecule has 3 amide bonds. The summed E-state index contributed by atoms with van der Waals surface area (Å²) in [7, 11) is 1.89. The van der Waals surface area contributed by atoms with Crippen molar-refractivity contribution in [2.24, 2.45) is 11.8 Å². The van der Waals surface area contributed by atoms with Gasteiger partial charge in [0.15, 0.2) is 0 Å². The van der Waals surface area contributed by atoms with Crippen LogP contribution >= 0.6 is 11.6 Å². The number of likely N-dealkylation sites (N-methyl/N-ethyl adjacent to an activating group) is 1. The van der Waals surface area contributed by atoms with E-state index in [-0.39, 0.29) is 42.8 Å². The highest BCUT2D eigenvalue weighted by Gasteiger charge is 2.32. The molecule has 2 fully saturated rings. The molecule has 0 saturated carbocycles. The van der Waals surface area contributed by atoms with Gasteiger partial charge in [-0.1, -0.05) is 11.6 Å². The third-order valence-electron chi connectivity index (χ3n) is 6.98. The Morgan fingerprint density at radius 3 is 2.82 bits per heavy atom. The van der Waals surface area contributed by atoms with E-state index >= 15 is 0 Å². The molecule has 0 spiro atoms. The van der Waals surface area contributed by atoms with Crippen molar-refractivity contribution in [3.63, 3.8) is 0 Å². The summed E-state index contributed by atoms with van der Waals surface area (Å²) in [6.07, 6.45) is 3.64. The van der Waals surface area contributed by atoms with Gasteiger partial charge in [0.25, 0.3) is 0 Å². The second kappa shape index (κ2) is 16.1. The molecule has 1 aromatic rings. The van der Waals surface area contributed by atoms with E-state index < -0.39 is 18.0 Å². The molecule has 1 aromatic carbocycles. The fourth-order valence-corrected chi connectivity index (χ4v) is 5.54. The number of rotatable bonds is 12. The van der Waals surface area contributed by atoms with Gasteiger partial charge < -0.3 is 35.1 Å². The molecule has 4 atom stereocenters. The highest BCUT2D eigenvalue weighted by atomic mass is 35.5. The number of hydrogen-bond donors (Lipinski definition) is 3. The topological polar surface area (TPSA) is 101 Å². The maximum Gasteiger partial charge on any atom is 0.407 e. The van der Waals surface area contributed by atoms with E-state index in [1.54, 1.807) is 13.0 Å². The largest absolute Gasteiger partial charge is 0.450 e. The van der Waals surface area contributed by atoms with Crippen molar-refractivity contribution in [1.82, 2.24) is 20.9 Å². The lowest BCUT2D eigenvalue weighted by Crippen LogP contribution is -2.52. The normalized spacial score (nSPS) is 21.4. The van der Waals surface area contributed by atoms with Gasteiger partial charge in [-0.05, 0) is 75.8 Å². The molecule has 0 aromatic heterocycles. The number of benzene rings is 1. The zero-order chi connectivity index (χ0) is 27.3. The Bertz CT molecular complexity index is 869. The van der Waals surface area contributed by atoms with Crippen molar-refractivity contribution in [3.8, 4) is 0 Å². The first kappa shape index (κ1) is 30.4. The molecule has 3 N–H and O–H groups in total. The van der Waals surface area contributed by atoms with E-state index in [2.05, 4.69) is 16.0 Å². The van der Waals surface area contributed by atoms with Gasteiger partial charge in [0.2, 0.25) is 0 Å². The van der Waals surface area contributed by atoms with Crippen LogP contribution in [0.25, 0.3) is 0 Å². The Hall–Kier alpha value is -2.14. The van der Waals surface area contributed by atoms with Crippen LogP contribution in [-0.4, -0.2) is 82.7 Å². The number of carbonyl (C=O) groups is 2. The van der Waals surface area contributed by atoms with E-state index in [4.69, 9.17) is 25.8 Å². The molecule has 11 heteroatoms. The Morgan fingerprint density at radius 1 is 1.26 bits per heavy atom. The van der Waals surface area contributed by atoms with Crippen molar-refractivity contribution < 1.29 is 28.2 Å². The van der Waals surface area contributed by atoms with Crippen LogP contribution in [0.5, 0.6) is 0 Å². The van der Waals surface area contributed by atoms with Crippen LogP contribution in [0, 0.1) is 17.7 Å². The minimum Gasteiger partial charge on any atom is -0.450 e. The summed E-state index contributed by atoms with van der Waals surface area (Å²) in [6, 6.07) is 4.27. The van der Waals surface area contributed by atoms with Crippen LogP contribution in [-0.2, 0) is 14.2 Å². The zero-order valence-corrected chi connectivity index (χ0v) is 23.2. The first-order valence-corrected chi connectivity index (χ1v) is 14.0. The molecule has 0 radical (unpaired) electrons. The average Bonchev–Trinajstić information content (AvgIpc) is 2.89. The summed E-state index contributed by atoms with van der Waals surface area (Å²) in [5.41, 5.74) is 0.615. The van der Waals surface area contributed by atoms with E-state index in [1.165, 1.54) is 12.1 Å². The second-order valence-corrected chi connectivity index (χ2v) is 10.4. The number of carbonyl (C=O) groups excluding carboxylic acids is 2. The van der Waals surface area contributed by atoms with E-state index in [0.717, 1.165) is 45.3 Å². The summed E-state index contributed by atoms with van der Waals surface area (Å²) >= 11 is 6.16. The van der Waals surface area contributed by atoms with Crippen LogP contribution in [0.15, 0.2) is 18.2 Å². The molecule has 0 bridgehead atoms. The summed E-state index contributed by atoms with van der Waals surface area (Å²) in [4.78, 5) is 26.7. The number of hydrogen-bond acceptors (Lipinski definition) is 6. The van der Waals surface area contributed by atoms with E-state index in [9.17, 15) is 14.0 Å². The predicted molar refractivity (Wildman–Crippen MR) is 144 cm³/mol. The van der Waals surface area contributed by atoms with Crippen LogP contribution in [0.3, 0.4) is 0 Å². The van der Waals surface area contributed by atoms with E-state index in [0.29, 0.717) is 31.1 Å². The van der Waals surface area contributed by atoms with Gasteiger partial charge in [0.05, 0.1) is 19.3 Å². The minimum atomic E-state index is -0.516. The lowest BCUT2D eigenvalue weighted by molar-refractivity contribution is -0.00901. The van der Waals surface area contributed by atoms with Crippen molar-refractivity contribution in [2.45, 2.75) is 51.2 Å². The van der Waals surface area contributed by atoms with E-state index in [1.807, 2.05) is 11.9 Å². The second-order valence-electron chi connectivity index (χ2n) is 10.0. The number of halogens is 2. The number of nitrogens with zero attached hydrogens (tertiary/aromatic N) is 1. The number of alkyl carbamates (subject to hydrolysis) is 1. The fraction of sp³-hybridized carbons (Fsp3) is 0.704. The minimum absolute atomic E-state index is 0.00241. The van der Waals surface area contributed by atoms with Crippen molar-refractivity contribution in [2.75, 3.05) is 59.7 Å². The van der Waals surface area contributed by atoms with Crippen molar-refractivity contribution in [1.29, 1.82) is 0 Å². The molecule has 0 aliphatic carbocycles. The Morgan fingerprint density at radius 2 is 2.11 bits per heavy atom. The monoisotopic (exact) mass is 556 g/mol. The van der Waals surface area contributed by atoms with Gasteiger partial charge >= 0.3 is 12.1 Å². The predicted octanol–water partition coefficient (Wildman–Crippen LogP) is 4.11. The van der Waals surface area contributed by atoms with Crippen molar-refractivity contribution in [3.05, 3.63) is 34.6 Å². The standard InChI is InChI=1S/C27H42ClFN4O5/c1-3-37-27(35)31-8-11-38-25(21-13-22(28)15-23(29)14-21)20-7-4-9-33(17-20)26(34)32-24(16-30-2)12-19-6-5-10-36-18-19/h13-15,19-20,24-25,30H,3-12,16-18H2,1-2H3,(H,31,35)(H,32,34)/t19-,20?,24+,25-/m1/s1. The fourth-order valence-electron chi connectivity index (χ4n) is 5.31. The van der Waals surface area contributed by atoms with Gasteiger partial charge in [0, 0.05) is 56.4 Å². The van der Waals surface area contributed by atoms with Gasteiger partial charge in [-0.25, -0.2) is 14.0 Å². The number of piperidine rings is 1. The van der Waals surface area contributed by atoms with Gasteiger partial charge in [-0.15, -0.1) is 0 Å². The molecule has 2 heterocycles. The average molecular weight is 557 g/mol. The quantitative estimate of drug-likeness (QED) is 0.335. The first-order valence-electron chi connectivity index (χ1n) is 13.7. The maximum atomic E-state index is 14.2. The van der Waals surface area contributed by atoms with Crippen LogP contribution in [0.2, 0.25) is 5.02 Å². The van der Waals surface area contributed by atoms with Crippen molar-refractivity contribution >= 4 is 23.7 Å². The molecule has 2 saturated heterocycles. The molecular formula is C27H42ClFN4O5. The van der Waals surface area contributed by atoms with Crippen LogP contribution in [0.1, 0.15) is 50.7 Å². The Labute approximate surface area is 230 Å². The molecule has 2 aliphatic rings. The van der Waals surface area contributed by atoms with Gasteiger partial charge in [-0.3, -0.25) is 0 Å². The van der Waals surface area contributed by atoms with Crippen LogP contribution in [0.4, 0.5) is 14.0 Å². The summed E-state index contributed by atoms with van der Waals surface area (Å²) in [6.45, 7) is 5.80. The highest BCUT2D eigenvalue weighted by molar-refractivity contribution is 6.30. The van der Waals surface area contributed by atoms with Gasteiger partial charge in [0.1, 0.15) is 5.82 Å². The number of ether oxygens (including phenoxy) is 3. The number of urea groups is 1.